The zero-order valence-corrected chi connectivity index (χ0v) is 16.7. The number of carboxylic acids is 1. The third-order valence-electron chi connectivity index (χ3n) is 4.68. The van der Waals surface area contributed by atoms with E-state index in [0.29, 0.717) is 6.42 Å². The lowest BCUT2D eigenvalue weighted by molar-refractivity contribution is -0.137. The van der Waals surface area contributed by atoms with Gasteiger partial charge in [-0.3, -0.25) is 4.79 Å². The molecule has 0 spiro atoms. The van der Waals surface area contributed by atoms with E-state index in [1.165, 1.54) is 96.3 Å². The van der Waals surface area contributed by atoms with Crippen molar-refractivity contribution in [1.29, 1.82) is 0 Å². The Kier molecular flexibility index (Phi) is 20.2. The second-order valence-corrected chi connectivity index (χ2v) is 7.25. The van der Waals surface area contributed by atoms with E-state index < -0.39 is 5.97 Å². The van der Waals surface area contributed by atoms with Crippen molar-refractivity contribution >= 4 is 5.97 Å². The van der Waals surface area contributed by atoms with Crippen molar-refractivity contribution < 1.29 is 9.90 Å². The lowest BCUT2D eigenvalue weighted by Gasteiger charge is -2.01. The third kappa shape index (κ3) is 23.0. The molecule has 0 saturated heterocycles. The molecule has 0 radical (unpaired) electrons. The predicted octanol–water partition coefficient (Wildman–Crippen LogP) is 7.82. The zero-order chi connectivity index (χ0) is 18.4. The molecule has 146 valence electrons. The van der Waals surface area contributed by atoms with Crippen LogP contribution in [0.4, 0.5) is 0 Å². The van der Waals surface area contributed by atoms with E-state index in [-0.39, 0.29) is 0 Å². The van der Waals surface area contributed by atoms with E-state index in [1.807, 2.05) is 0 Å². The van der Waals surface area contributed by atoms with Crippen LogP contribution in [0, 0.1) is 0 Å². The Hall–Kier alpha value is -1.01. The van der Waals surface area contributed by atoms with E-state index in [2.05, 4.69) is 24.8 Å². The van der Waals surface area contributed by atoms with E-state index in [4.69, 9.17) is 5.11 Å². The Labute approximate surface area is 156 Å². The molecule has 0 bridgehead atoms. The van der Waals surface area contributed by atoms with Gasteiger partial charge in [-0.25, -0.2) is 0 Å². The number of hydrogen-bond acceptors (Lipinski definition) is 1. The maximum absolute atomic E-state index is 10.4. The quantitative estimate of drug-likeness (QED) is 0.190. The van der Waals surface area contributed by atoms with Crippen LogP contribution in [0.3, 0.4) is 0 Å². The summed E-state index contributed by atoms with van der Waals surface area (Å²) >= 11 is 0. The van der Waals surface area contributed by atoms with E-state index in [1.54, 1.807) is 0 Å². The smallest absolute Gasteiger partial charge is 0.303 e. The van der Waals surface area contributed by atoms with Gasteiger partial charge in [0, 0.05) is 6.42 Å². The van der Waals surface area contributed by atoms with Gasteiger partial charge >= 0.3 is 5.97 Å². The lowest BCUT2D eigenvalue weighted by atomic mass is 10.1. The maximum atomic E-state index is 10.4. The van der Waals surface area contributed by atoms with Gasteiger partial charge in [-0.15, -0.1) is 5.73 Å². The fourth-order valence-corrected chi connectivity index (χ4v) is 3.04. The van der Waals surface area contributed by atoms with Crippen LogP contribution in [0.5, 0.6) is 0 Å². The van der Waals surface area contributed by atoms with E-state index >= 15 is 0 Å². The summed E-state index contributed by atoms with van der Waals surface area (Å²) in [6.45, 7) is 2.26. The molecule has 0 atom stereocenters. The largest absolute Gasteiger partial charge is 0.481 e. The molecule has 0 aromatic carbocycles. The summed E-state index contributed by atoms with van der Waals surface area (Å²) in [5.74, 6) is -0.661. The molecule has 0 aliphatic heterocycles. The van der Waals surface area contributed by atoms with Gasteiger partial charge < -0.3 is 5.11 Å². The van der Waals surface area contributed by atoms with Gasteiger partial charge in [0.05, 0.1) is 0 Å². The predicted molar refractivity (Wildman–Crippen MR) is 109 cm³/mol. The van der Waals surface area contributed by atoms with Crippen LogP contribution in [0.2, 0.25) is 0 Å². The molecule has 2 nitrogen and oxygen atoms in total. The van der Waals surface area contributed by atoms with Crippen LogP contribution in [0.15, 0.2) is 17.9 Å². The molecule has 0 saturated carbocycles. The van der Waals surface area contributed by atoms with Crippen LogP contribution in [0.1, 0.15) is 122 Å². The molecule has 0 aromatic rings. The van der Waals surface area contributed by atoms with Crippen LogP contribution in [0.25, 0.3) is 0 Å². The highest BCUT2D eigenvalue weighted by Crippen LogP contribution is 2.11. The molecule has 0 aliphatic rings. The summed E-state index contributed by atoms with van der Waals surface area (Å²) in [6.07, 6.45) is 26.3. The monoisotopic (exact) mass is 350 g/mol. The number of allylic oxidation sites excluding steroid dienone is 1. The molecule has 0 unspecified atom stereocenters. The minimum atomic E-state index is -0.661. The Balaban J connectivity index is 3.16. The summed E-state index contributed by atoms with van der Waals surface area (Å²) in [6, 6.07) is 0. The molecule has 25 heavy (non-hydrogen) atoms. The Bertz CT molecular complexity index is 340. The maximum Gasteiger partial charge on any atom is 0.303 e. The third-order valence-corrected chi connectivity index (χ3v) is 4.68. The van der Waals surface area contributed by atoms with Gasteiger partial charge in [0.2, 0.25) is 0 Å². The summed E-state index contributed by atoms with van der Waals surface area (Å²) in [7, 11) is 0. The van der Waals surface area contributed by atoms with Crippen LogP contribution in [-0.4, -0.2) is 11.1 Å². The minimum absolute atomic E-state index is 0.334. The Morgan fingerprint density at radius 3 is 1.52 bits per heavy atom. The minimum Gasteiger partial charge on any atom is -0.481 e. The summed E-state index contributed by atoms with van der Waals surface area (Å²) in [5, 5.41) is 8.56. The van der Waals surface area contributed by atoms with Crippen LogP contribution in [-0.2, 0) is 4.79 Å². The fourth-order valence-electron chi connectivity index (χ4n) is 3.04. The fraction of sp³-hybridized carbons (Fsp3) is 0.826. The van der Waals surface area contributed by atoms with E-state index in [9.17, 15) is 4.79 Å². The molecule has 0 aliphatic carbocycles. The van der Waals surface area contributed by atoms with Crippen molar-refractivity contribution in [2.24, 2.45) is 0 Å². The summed E-state index contributed by atoms with van der Waals surface area (Å²) in [4.78, 5) is 10.4. The first-order chi connectivity index (χ1) is 12.3. The second-order valence-electron chi connectivity index (χ2n) is 7.25. The normalized spacial score (nSPS) is 10.4. The first kappa shape index (κ1) is 24.0. The Morgan fingerprint density at radius 2 is 1.08 bits per heavy atom. The molecule has 0 fully saturated rings. The SMILES string of the molecule is CCCCCCCCC=C=CCCCCCCCCCCCC(=O)O. The van der Waals surface area contributed by atoms with Gasteiger partial charge in [-0.05, 0) is 44.3 Å². The van der Waals surface area contributed by atoms with Gasteiger partial charge in [0.25, 0.3) is 0 Å². The van der Waals surface area contributed by atoms with Crippen molar-refractivity contribution in [2.75, 3.05) is 0 Å². The van der Waals surface area contributed by atoms with Crippen LogP contribution < -0.4 is 0 Å². The van der Waals surface area contributed by atoms with Crippen molar-refractivity contribution in [3.63, 3.8) is 0 Å². The number of hydrogen-bond donors (Lipinski definition) is 1. The first-order valence-corrected chi connectivity index (χ1v) is 10.9. The molecule has 0 aromatic heterocycles. The van der Waals surface area contributed by atoms with Gasteiger partial charge in [0.15, 0.2) is 0 Å². The highest BCUT2D eigenvalue weighted by molar-refractivity contribution is 5.66. The Morgan fingerprint density at radius 1 is 0.680 bits per heavy atom. The average molecular weight is 351 g/mol. The van der Waals surface area contributed by atoms with Crippen molar-refractivity contribution in [1.82, 2.24) is 0 Å². The lowest BCUT2D eigenvalue weighted by Crippen LogP contribution is -1.93. The number of aliphatic carboxylic acids is 1. The first-order valence-electron chi connectivity index (χ1n) is 10.9. The number of carboxylic acid groups (broad SMARTS) is 1. The second kappa shape index (κ2) is 21.0. The summed E-state index contributed by atoms with van der Waals surface area (Å²) < 4.78 is 0. The van der Waals surface area contributed by atoms with Crippen LogP contribution >= 0.6 is 0 Å². The number of rotatable bonds is 19. The molecular weight excluding hydrogens is 308 g/mol. The topological polar surface area (TPSA) is 37.3 Å². The standard InChI is InChI=1S/C23H42O2/c1-2-3-4-5-6-7-8-9-10-11-12-13-14-15-16-17-18-19-20-21-22-23(24)25/h9,11H,2-8,12-22H2,1H3,(H,24,25). The number of carbonyl (C=O) groups is 1. The van der Waals surface area contributed by atoms with Gasteiger partial charge in [0.1, 0.15) is 0 Å². The molecule has 1 N–H and O–H groups in total. The van der Waals surface area contributed by atoms with Crippen molar-refractivity contribution in [3.8, 4) is 0 Å². The molecular formula is C23H42O2. The average Bonchev–Trinajstić information content (AvgIpc) is 2.60. The van der Waals surface area contributed by atoms with E-state index in [0.717, 1.165) is 12.8 Å². The van der Waals surface area contributed by atoms with Gasteiger partial charge in [-0.2, -0.15) is 0 Å². The van der Waals surface area contributed by atoms with Crippen molar-refractivity contribution in [3.05, 3.63) is 17.9 Å². The number of unbranched alkanes of at least 4 members (excludes halogenated alkanes) is 15. The van der Waals surface area contributed by atoms with Crippen molar-refractivity contribution in [2.45, 2.75) is 122 Å². The molecule has 2 heteroatoms. The molecule has 0 amide bonds. The van der Waals surface area contributed by atoms with Gasteiger partial charge in [-0.1, -0.05) is 84.0 Å². The molecule has 0 rings (SSSR count). The highest BCUT2D eigenvalue weighted by Gasteiger charge is 1.96. The highest BCUT2D eigenvalue weighted by atomic mass is 16.4. The summed E-state index contributed by atoms with van der Waals surface area (Å²) in [5.41, 5.74) is 3.33. The molecule has 0 heterocycles. The zero-order valence-electron chi connectivity index (χ0n) is 16.7.